The smallest absolute Gasteiger partial charge is 0.258 e. The molecule has 0 heterocycles. The Morgan fingerprint density at radius 1 is 1.10 bits per heavy atom. The highest BCUT2D eigenvalue weighted by molar-refractivity contribution is 7.92. The molecule has 2 rings (SSSR count). The Bertz CT molecular complexity index is 910. The van der Waals surface area contributed by atoms with Gasteiger partial charge in [-0.3, -0.25) is 9.10 Å². The standard InChI is InChI=1S/C22H30N2O4S/c1-17(15-22(2,3)18-9-7-6-8-10-18)23-21(25)16-28-20-13-11-19(12-14-20)24(4)29(5,26)27/h6-14,17H,15-16H2,1-5H3,(H,23,25)/t17-/m1/s1. The number of carbonyl (C=O) groups excluding carboxylic acids is 1. The van der Waals surface area contributed by atoms with Crippen LogP contribution in [-0.4, -0.2) is 40.3 Å². The van der Waals surface area contributed by atoms with E-state index in [4.69, 9.17) is 4.74 Å². The van der Waals surface area contributed by atoms with Crippen LogP contribution in [0.4, 0.5) is 5.69 Å². The molecule has 0 bridgehead atoms. The van der Waals surface area contributed by atoms with Crippen LogP contribution in [0.3, 0.4) is 0 Å². The molecule has 1 atom stereocenters. The molecule has 29 heavy (non-hydrogen) atoms. The van der Waals surface area contributed by atoms with Crippen molar-refractivity contribution in [3.63, 3.8) is 0 Å². The molecule has 0 aliphatic rings. The zero-order chi connectivity index (χ0) is 21.7. The average molecular weight is 419 g/mol. The summed E-state index contributed by atoms with van der Waals surface area (Å²) in [7, 11) is -1.83. The van der Waals surface area contributed by atoms with Crippen LogP contribution in [0.25, 0.3) is 0 Å². The van der Waals surface area contributed by atoms with Gasteiger partial charge in [-0.15, -0.1) is 0 Å². The molecule has 1 amide bonds. The van der Waals surface area contributed by atoms with Gasteiger partial charge in [0.05, 0.1) is 11.9 Å². The van der Waals surface area contributed by atoms with Gasteiger partial charge in [0.25, 0.3) is 5.91 Å². The number of amides is 1. The van der Waals surface area contributed by atoms with Crippen molar-refractivity contribution in [1.82, 2.24) is 5.32 Å². The van der Waals surface area contributed by atoms with Gasteiger partial charge in [0.2, 0.25) is 10.0 Å². The molecular formula is C22H30N2O4S. The van der Waals surface area contributed by atoms with Crippen LogP contribution in [0.15, 0.2) is 54.6 Å². The van der Waals surface area contributed by atoms with Crippen LogP contribution in [0, 0.1) is 0 Å². The fraction of sp³-hybridized carbons (Fsp3) is 0.409. The van der Waals surface area contributed by atoms with Crippen molar-refractivity contribution in [3.05, 3.63) is 60.2 Å². The van der Waals surface area contributed by atoms with Gasteiger partial charge in [-0.2, -0.15) is 0 Å². The van der Waals surface area contributed by atoms with Crippen molar-refractivity contribution in [2.45, 2.75) is 38.6 Å². The molecule has 0 aliphatic carbocycles. The first-order chi connectivity index (χ1) is 13.5. The zero-order valence-corrected chi connectivity index (χ0v) is 18.5. The Morgan fingerprint density at radius 2 is 1.69 bits per heavy atom. The van der Waals surface area contributed by atoms with Gasteiger partial charge in [0.1, 0.15) is 5.75 Å². The van der Waals surface area contributed by atoms with Crippen LogP contribution >= 0.6 is 0 Å². The van der Waals surface area contributed by atoms with E-state index in [-0.39, 0.29) is 24.0 Å². The Morgan fingerprint density at radius 3 is 2.24 bits per heavy atom. The van der Waals surface area contributed by atoms with Crippen molar-refractivity contribution in [2.24, 2.45) is 0 Å². The van der Waals surface area contributed by atoms with Gasteiger partial charge >= 0.3 is 0 Å². The third-order valence-corrected chi connectivity index (χ3v) is 6.05. The van der Waals surface area contributed by atoms with E-state index in [2.05, 4.69) is 31.3 Å². The maximum Gasteiger partial charge on any atom is 0.258 e. The number of rotatable bonds is 9. The van der Waals surface area contributed by atoms with Crippen molar-refractivity contribution in [1.29, 1.82) is 0 Å². The first-order valence-electron chi connectivity index (χ1n) is 9.51. The summed E-state index contributed by atoms with van der Waals surface area (Å²) in [4.78, 5) is 12.2. The molecule has 0 spiro atoms. The monoisotopic (exact) mass is 418 g/mol. The topological polar surface area (TPSA) is 75.7 Å². The number of ether oxygens (including phenoxy) is 1. The summed E-state index contributed by atoms with van der Waals surface area (Å²) in [6, 6.07) is 16.8. The van der Waals surface area contributed by atoms with E-state index in [0.29, 0.717) is 11.4 Å². The molecule has 0 aliphatic heterocycles. The van der Waals surface area contributed by atoms with E-state index < -0.39 is 10.0 Å². The lowest BCUT2D eigenvalue weighted by molar-refractivity contribution is -0.123. The van der Waals surface area contributed by atoms with Crippen LogP contribution in [0.5, 0.6) is 5.75 Å². The van der Waals surface area contributed by atoms with Gasteiger partial charge in [0, 0.05) is 13.1 Å². The number of nitrogens with zero attached hydrogens (tertiary/aromatic N) is 1. The largest absolute Gasteiger partial charge is 0.484 e. The van der Waals surface area contributed by atoms with Gasteiger partial charge < -0.3 is 10.1 Å². The minimum absolute atomic E-state index is 0.00732. The number of carbonyl (C=O) groups is 1. The highest BCUT2D eigenvalue weighted by Crippen LogP contribution is 2.28. The summed E-state index contributed by atoms with van der Waals surface area (Å²) >= 11 is 0. The second-order valence-corrected chi connectivity index (χ2v) is 9.95. The third kappa shape index (κ3) is 6.78. The van der Waals surface area contributed by atoms with Gasteiger partial charge in [-0.1, -0.05) is 44.2 Å². The van der Waals surface area contributed by atoms with Crippen molar-refractivity contribution < 1.29 is 17.9 Å². The average Bonchev–Trinajstić information content (AvgIpc) is 2.65. The van der Waals surface area contributed by atoms with Crippen molar-refractivity contribution in [2.75, 3.05) is 24.2 Å². The summed E-state index contributed by atoms with van der Waals surface area (Å²) in [6.07, 6.45) is 1.94. The molecule has 0 unspecified atom stereocenters. The normalized spacial score (nSPS) is 12.9. The Kier molecular flexibility index (Phi) is 7.30. The van der Waals surface area contributed by atoms with E-state index in [1.165, 1.54) is 16.9 Å². The number of hydrogen-bond donors (Lipinski definition) is 1. The highest BCUT2D eigenvalue weighted by atomic mass is 32.2. The number of benzene rings is 2. The molecule has 2 aromatic carbocycles. The maximum absolute atomic E-state index is 12.2. The SMILES string of the molecule is C[C@H](CC(C)(C)c1ccccc1)NC(=O)COc1ccc(N(C)S(C)(=O)=O)cc1. The van der Waals surface area contributed by atoms with Crippen molar-refractivity contribution >= 4 is 21.6 Å². The molecule has 0 saturated carbocycles. The molecule has 7 heteroatoms. The summed E-state index contributed by atoms with van der Waals surface area (Å²) in [5.41, 5.74) is 1.70. The molecule has 158 valence electrons. The molecule has 1 N–H and O–H groups in total. The molecule has 0 saturated heterocycles. The number of nitrogens with one attached hydrogen (secondary N) is 1. The number of sulfonamides is 1. The second kappa shape index (κ2) is 9.31. The second-order valence-electron chi connectivity index (χ2n) is 7.94. The molecular weight excluding hydrogens is 388 g/mol. The third-order valence-electron chi connectivity index (χ3n) is 4.85. The number of hydrogen-bond acceptors (Lipinski definition) is 4. The predicted molar refractivity (Wildman–Crippen MR) is 117 cm³/mol. The first-order valence-corrected chi connectivity index (χ1v) is 11.4. The highest BCUT2D eigenvalue weighted by Gasteiger charge is 2.24. The predicted octanol–water partition coefficient (Wildman–Crippen LogP) is 3.33. The van der Waals surface area contributed by atoms with Crippen LogP contribution < -0.4 is 14.4 Å². The minimum atomic E-state index is -3.31. The van der Waals surface area contributed by atoms with Crippen LogP contribution in [0.1, 0.15) is 32.8 Å². The van der Waals surface area contributed by atoms with E-state index >= 15 is 0 Å². The van der Waals surface area contributed by atoms with Gasteiger partial charge in [0.15, 0.2) is 6.61 Å². The van der Waals surface area contributed by atoms with Crippen LogP contribution in [-0.2, 0) is 20.2 Å². The van der Waals surface area contributed by atoms with Crippen LogP contribution in [0.2, 0.25) is 0 Å². The van der Waals surface area contributed by atoms with Gasteiger partial charge in [-0.25, -0.2) is 8.42 Å². The lowest BCUT2D eigenvalue weighted by Gasteiger charge is -2.29. The lowest BCUT2D eigenvalue weighted by Crippen LogP contribution is -2.39. The van der Waals surface area contributed by atoms with Crippen molar-refractivity contribution in [3.8, 4) is 5.75 Å². The Balaban J connectivity index is 1.85. The fourth-order valence-corrected chi connectivity index (χ4v) is 3.74. The summed E-state index contributed by atoms with van der Waals surface area (Å²) in [5.74, 6) is 0.307. The van der Waals surface area contributed by atoms with E-state index in [1.807, 2.05) is 25.1 Å². The molecule has 6 nitrogen and oxygen atoms in total. The summed E-state index contributed by atoms with van der Waals surface area (Å²) in [6.45, 7) is 6.21. The zero-order valence-electron chi connectivity index (χ0n) is 17.7. The minimum Gasteiger partial charge on any atom is -0.484 e. The van der Waals surface area contributed by atoms with Gasteiger partial charge in [-0.05, 0) is 48.6 Å². The molecule has 0 fully saturated rings. The lowest BCUT2D eigenvalue weighted by atomic mass is 9.79. The Hall–Kier alpha value is -2.54. The van der Waals surface area contributed by atoms with E-state index in [9.17, 15) is 13.2 Å². The Labute approximate surface area is 173 Å². The molecule has 0 aromatic heterocycles. The molecule has 0 radical (unpaired) electrons. The quantitative estimate of drug-likeness (QED) is 0.678. The first kappa shape index (κ1) is 22.7. The molecule has 2 aromatic rings. The fourth-order valence-electron chi connectivity index (χ4n) is 3.23. The van der Waals surface area contributed by atoms with E-state index in [1.54, 1.807) is 24.3 Å². The number of anilines is 1. The summed E-state index contributed by atoms with van der Waals surface area (Å²) in [5, 5.41) is 2.97. The van der Waals surface area contributed by atoms with E-state index in [0.717, 1.165) is 12.7 Å². The maximum atomic E-state index is 12.2. The summed E-state index contributed by atoms with van der Waals surface area (Å²) < 4.78 is 29.8.